The normalized spacial score (nSPS) is 13.8. The van der Waals surface area contributed by atoms with Gasteiger partial charge in [0.1, 0.15) is 0 Å². The van der Waals surface area contributed by atoms with Gasteiger partial charge >= 0.3 is 12.1 Å². The van der Waals surface area contributed by atoms with Crippen LogP contribution in [-0.2, 0) is 15.1 Å². The monoisotopic (exact) mass is 357 g/mol. The van der Waals surface area contributed by atoms with Gasteiger partial charge < -0.3 is 19.2 Å². The van der Waals surface area contributed by atoms with Crippen molar-refractivity contribution in [3.8, 4) is 0 Å². The van der Waals surface area contributed by atoms with Crippen molar-refractivity contribution in [2.24, 2.45) is 0 Å². The number of alkyl halides is 3. The number of hydrogen-bond donors (Lipinski definition) is 1. The lowest BCUT2D eigenvalue weighted by atomic mass is 9.93. The zero-order valence-corrected chi connectivity index (χ0v) is 13.2. The van der Waals surface area contributed by atoms with Gasteiger partial charge in [-0.15, -0.1) is 0 Å². The van der Waals surface area contributed by atoms with Crippen LogP contribution >= 0.6 is 0 Å². The van der Waals surface area contributed by atoms with Gasteiger partial charge in [-0.05, 0) is 24.3 Å². The number of amides is 1. The molecule has 6 nitrogen and oxygen atoms in total. The molecule has 9 heteroatoms. The number of anilines is 1. The van der Waals surface area contributed by atoms with Gasteiger partial charge in [0.05, 0.1) is 13.4 Å². The molecule has 0 aliphatic rings. The predicted octanol–water partition coefficient (Wildman–Crippen LogP) is 2.48. The Morgan fingerprint density at radius 1 is 1.16 bits per heavy atom. The standard InChI is InChI=1S/C16H14F3NO5/c1-20(13(21)12-4-3-9-25-12)11-7-5-10(6-8-11)15(23,14(22)24-2)16(17,18)19/h3-9,23H,1-2H3/t15-/m1/s1. The summed E-state index contributed by atoms with van der Waals surface area (Å²) >= 11 is 0. The number of benzene rings is 1. The van der Waals surface area contributed by atoms with Crippen molar-refractivity contribution >= 4 is 17.6 Å². The summed E-state index contributed by atoms with van der Waals surface area (Å²) in [4.78, 5) is 24.8. The van der Waals surface area contributed by atoms with E-state index in [4.69, 9.17) is 4.42 Å². The van der Waals surface area contributed by atoms with Gasteiger partial charge in [-0.1, -0.05) is 12.1 Å². The van der Waals surface area contributed by atoms with Crippen LogP contribution in [0.5, 0.6) is 0 Å². The zero-order valence-electron chi connectivity index (χ0n) is 13.2. The number of hydrogen-bond acceptors (Lipinski definition) is 5. The number of carbonyl (C=O) groups excluding carboxylic acids is 2. The average molecular weight is 357 g/mol. The zero-order chi connectivity index (χ0) is 18.8. The number of rotatable bonds is 4. The molecule has 1 aromatic carbocycles. The molecule has 0 radical (unpaired) electrons. The van der Waals surface area contributed by atoms with Crippen LogP contribution in [0, 0.1) is 0 Å². The number of aliphatic hydroxyl groups is 1. The molecule has 0 bridgehead atoms. The highest BCUT2D eigenvalue weighted by Gasteiger charge is 2.62. The van der Waals surface area contributed by atoms with Crippen LogP contribution in [0.1, 0.15) is 16.1 Å². The maximum Gasteiger partial charge on any atom is 0.432 e. The Morgan fingerprint density at radius 3 is 2.20 bits per heavy atom. The van der Waals surface area contributed by atoms with Gasteiger partial charge in [0.25, 0.3) is 11.5 Å². The minimum Gasteiger partial charge on any atom is -0.466 e. The maximum atomic E-state index is 13.2. The molecule has 2 aromatic rings. The SMILES string of the molecule is COC(=O)[C@](O)(c1ccc(N(C)C(=O)c2ccco2)cc1)C(F)(F)F. The van der Waals surface area contributed by atoms with Crippen LogP contribution in [-0.4, -0.2) is 37.3 Å². The molecule has 1 heterocycles. The number of esters is 1. The van der Waals surface area contributed by atoms with Crippen molar-refractivity contribution in [3.05, 3.63) is 54.0 Å². The lowest BCUT2D eigenvalue weighted by Crippen LogP contribution is -2.49. The fourth-order valence-corrected chi connectivity index (χ4v) is 2.15. The van der Waals surface area contributed by atoms with Gasteiger partial charge in [-0.25, -0.2) is 4.79 Å². The maximum absolute atomic E-state index is 13.2. The van der Waals surface area contributed by atoms with Crippen LogP contribution in [0.25, 0.3) is 0 Å². The first-order valence-corrected chi connectivity index (χ1v) is 6.92. The first-order chi connectivity index (χ1) is 11.6. The molecule has 134 valence electrons. The van der Waals surface area contributed by atoms with Gasteiger partial charge in [-0.2, -0.15) is 13.2 Å². The summed E-state index contributed by atoms with van der Waals surface area (Å²) in [5, 5.41) is 9.88. The van der Waals surface area contributed by atoms with Crippen molar-refractivity contribution in [1.82, 2.24) is 0 Å². The highest BCUT2D eigenvalue weighted by atomic mass is 19.4. The first kappa shape index (κ1) is 18.5. The Labute approximate surface area is 140 Å². The second-order valence-corrected chi connectivity index (χ2v) is 5.09. The summed E-state index contributed by atoms with van der Waals surface area (Å²) in [6.07, 6.45) is -3.97. The molecule has 0 saturated carbocycles. The number of furan rings is 1. The van der Waals surface area contributed by atoms with E-state index in [1.165, 1.54) is 25.4 Å². The van der Waals surface area contributed by atoms with Gasteiger partial charge in [0.15, 0.2) is 5.76 Å². The lowest BCUT2D eigenvalue weighted by molar-refractivity contribution is -0.266. The van der Waals surface area contributed by atoms with Crippen molar-refractivity contribution in [2.75, 3.05) is 19.1 Å². The van der Waals surface area contributed by atoms with E-state index in [2.05, 4.69) is 4.74 Å². The van der Waals surface area contributed by atoms with E-state index < -0.39 is 29.2 Å². The molecule has 1 N–H and O–H groups in total. The minimum atomic E-state index is -5.28. The van der Waals surface area contributed by atoms with Crippen molar-refractivity contribution in [3.63, 3.8) is 0 Å². The van der Waals surface area contributed by atoms with Gasteiger partial charge in [-0.3, -0.25) is 4.79 Å². The largest absolute Gasteiger partial charge is 0.466 e. The second-order valence-electron chi connectivity index (χ2n) is 5.09. The molecule has 0 unspecified atom stereocenters. The molecule has 1 amide bonds. The summed E-state index contributed by atoms with van der Waals surface area (Å²) in [5.41, 5.74) is -4.29. The number of halogens is 3. The third-order valence-corrected chi connectivity index (χ3v) is 3.60. The quantitative estimate of drug-likeness (QED) is 0.851. The molecule has 2 rings (SSSR count). The van der Waals surface area contributed by atoms with E-state index in [9.17, 15) is 27.9 Å². The Kier molecular flexibility index (Phi) is 4.89. The van der Waals surface area contributed by atoms with E-state index in [1.54, 1.807) is 0 Å². The smallest absolute Gasteiger partial charge is 0.432 e. The Hall–Kier alpha value is -2.81. The van der Waals surface area contributed by atoms with Crippen LogP contribution in [0.4, 0.5) is 18.9 Å². The predicted molar refractivity (Wildman–Crippen MR) is 79.9 cm³/mol. The van der Waals surface area contributed by atoms with Crippen LogP contribution in [0.15, 0.2) is 47.1 Å². The molecule has 0 aliphatic heterocycles. The van der Waals surface area contributed by atoms with E-state index in [0.29, 0.717) is 0 Å². The summed E-state index contributed by atoms with van der Waals surface area (Å²) in [6, 6.07) is 7.07. The first-order valence-electron chi connectivity index (χ1n) is 6.92. The molecule has 1 aromatic heterocycles. The lowest BCUT2D eigenvalue weighted by Gasteiger charge is -2.28. The number of methoxy groups -OCH3 is 1. The number of carbonyl (C=O) groups is 2. The van der Waals surface area contributed by atoms with E-state index in [-0.39, 0.29) is 11.4 Å². The van der Waals surface area contributed by atoms with Gasteiger partial charge in [0, 0.05) is 18.3 Å². The second kappa shape index (κ2) is 6.60. The highest BCUT2D eigenvalue weighted by Crippen LogP contribution is 2.40. The topological polar surface area (TPSA) is 80.0 Å². The molecule has 0 spiro atoms. The van der Waals surface area contributed by atoms with E-state index in [1.807, 2.05) is 0 Å². The van der Waals surface area contributed by atoms with Crippen molar-refractivity contribution < 1.29 is 37.0 Å². The summed E-state index contributed by atoms with van der Waals surface area (Å²) in [7, 11) is 2.14. The van der Waals surface area contributed by atoms with E-state index >= 15 is 0 Å². The van der Waals surface area contributed by atoms with Crippen LogP contribution < -0.4 is 4.90 Å². The molecule has 1 atom stereocenters. The highest BCUT2D eigenvalue weighted by molar-refractivity contribution is 6.03. The molecule has 25 heavy (non-hydrogen) atoms. The minimum absolute atomic E-state index is 0.0490. The van der Waals surface area contributed by atoms with Gasteiger partial charge in [0.2, 0.25) is 0 Å². The van der Waals surface area contributed by atoms with E-state index in [0.717, 1.165) is 36.3 Å². The average Bonchev–Trinajstić information content (AvgIpc) is 3.12. The van der Waals surface area contributed by atoms with Crippen molar-refractivity contribution in [2.45, 2.75) is 11.8 Å². The molecule has 0 saturated heterocycles. The Bertz CT molecular complexity index is 755. The molecular weight excluding hydrogens is 343 g/mol. The Morgan fingerprint density at radius 2 is 1.76 bits per heavy atom. The molecule has 0 aliphatic carbocycles. The number of nitrogens with zero attached hydrogens (tertiary/aromatic N) is 1. The summed E-state index contributed by atoms with van der Waals surface area (Å²) < 4.78 is 48.6. The Balaban J connectivity index is 2.35. The van der Waals surface area contributed by atoms with Crippen molar-refractivity contribution in [1.29, 1.82) is 0 Å². The van der Waals surface area contributed by atoms with Crippen LogP contribution in [0.2, 0.25) is 0 Å². The fraction of sp³-hybridized carbons (Fsp3) is 0.250. The number of ether oxygens (including phenoxy) is 1. The third-order valence-electron chi connectivity index (χ3n) is 3.60. The third kappa shape index (κ3) is 3.22. The molecule has 0 fully saturated rings. The molecular formula is C16H14F3NO5. The van der Waals surface area contributed by atoms with Crippen LogP contribution in [0.3, 0.4) is 0 Å². The summed E-state index contributed by atoms with van der Waals surface area (Å²) in [6.45, 7) is 0. The summed E-state index contributed by atoms with van der Waals surface area (Å²) in [5.74, 6) is -2.32. The fourth-order valence-electron chi connectivity index (χ4n) is 2.15.